The van der Waals surface area contributed by atoms with Crippen LogP contribution in [0, 0.1) is 0 Å². The van der Waals surface area contributed by atoms with Gasteiger partial charge in [0.25, 0.3) is 0 Å². The van der Waals surface area contributed by atoms with Crippen molar-refractivity contribution in [2.24, 2.45) is 0 Å². The van der Waals surface area contributed by atoms with E-state index < -0.39 is 0 Å². The minimum atomic E-state index is 0. The smallest absolute Gasteiger partial charge is 0.0459 e. The first kappa shape index (κ1) is 8.50. The summed E-state index contributed by atoms with van der Waals surface area (Å²) in [5, 5.41) is 3.22. The van der Waals surface area contributed by atoms with Gasteiger partial charge in [0.15, 0.2) is 0 Å². The van der Waals surface area contributed by atoms with Crippen molar-refractivity contribution in [3.63, 3.8) is 0 Å². The highest BCUT2D eigenvalue weighted by Gasteiger charge is 2.18. The number of hydrogen-bond donors (Lipinski definition) is 1. The topological polar surface area (TPSA) is 24.9 Å². The van der Waals surface area contributed by atoms with Crippen LogP contribution >= 0.6 is 12.4 Å². The first-order valence-corrected chi connectivity index (χ1v) is 3.58. The van der Waals surface area contributed by atoms with Crippen molar-refractivity contribution in [3.8, 4) is 0 Å². The minimum Gasteiger partial charge on any atom is -0.315 e. The Bertz CT molecular complexity index is 209. The SMILES string of the molecule is Cl.c1ccc(C2CNC2)nc1. The van der Waals surface area contributed by atoms with Gasteiger partial charge in [-0.25, -0.2) is 0 Å². The first-order chi connectivity index (χ1) is 4.97. The van der Waals surface area contributed by atoms with Crippen LogP contribution in [0.5, 0.6) is 0 Å². The van der Waals surface area contributed by atoms with E-state index in [0.717, 1.165) is 13.1 Å². The Morgan fingerprint density at radius 3 is 2.64 bits per heavy atom. The van der Waals surface area contributed by atoms with Crippen LogP contribution in [0.3, 0.4) is 0 Å². The number of pyridine rings is 1. The molecule has 11 heavy (non-hydrogen) atoms. The molecule has 1 aliphatic rings. The monoisotopic (exact) mass is 170 g/mol. The Labute approximate surface area is 72.4 Å². The van der Waals surface area contributed by atoms with Gasteiger partial charge >= 0.3 is 0 Å². The molecule has 0 spiro atoms. The Kier molecular flexibility index (Phi) is 2.85. The van der Waals surface area contributed by atoms with E-state index in [0.29, 0.717) is 5.92 Å². The molecule has 3 heteroatoms. The van der Waals surface area contributed by atoms with Crippen LogP contribution in [0.4, 0.5) is 0 Å². The zero-order valence-electron chi connectivity index (χ0n) is 6.16. The quantitative estimate of drug-likeness (QED) is 0.685. The molecule has 1 aromatic heterocycles. The molecular formula is C8H11ClN2. The first-order valence-electron chi connectivity index (χ1n) is 3.58. The highest BCUT2D eigenvalue weighted by molar-refractivity contribution is 5.85. The van der Waals surface area contributed by atoms with E-state index in [4.69, 9.17) is 0 Å². The third-order valence-electron chi connectivity index (χ3n) is 1.89. The van der Waals surface area contributed by atoms with Crippen molar-refractivity contribution in [3.05, 3.63) is 30.1 Å². The molecule has 60 valence electrons. The van der Waals surface area contributed by atoms with E-state index in [-0.39, 0.29) is 12.4 Å². The lowest BCUT2D eigenvalue weighted by Crippen LogP contribution is -2.40. The zero-order chi connectivity index (χ0) is 6.81. The van der Waals surface area contributed by atoms with Crippen LogP contribution < -0.4 is 5.32 Å². The average molecular weight is 171 g/mol. The number of halogens is 1. The van der Waals surface area contributed by atoms with Crippen LogP contribution in [0.15, 0.2) is 24.4 Å². The second kappa shape index (κ2) is 3.69. The molecule has 0 atom stereocenters. The Morgan fingerprint density at radius 1 is 1.36 bits per heavy atom. The summed E-state index contributed by atoms with van der Waals surface area (Å²) in [5.41, 5.74) is 1.22. The summed E-state index contributed by atoms with van der Waals surface area (Å²) in [4.78, 5) is 4.26. The molecule has 0 bridgehead atoms. The van der Waals surface area contributed by atoms with Crippen LogP contribution in [-0.2, 0) is 0 Å². The lowest BCUT2D eigenvalue weighted by atomic mass is 9.99. The Hall–Kier alpha value is -0.600. The van der Waals surface area contributed by atoms with E-state index in [1.54, 1.807) is 0 Å². The fraction of sp³-hybridized carbons (Fsp3) is 0.375. The molecule has 0 unspecified atom stereocenters. The van der Waals surface area contributed by atoms with Crippen molar-refractivity contribution >= 4 is 12.4 Å². The van der Waals surface area contributed by atoms with Gasteiger partial charge in [-0.2, -0.15) is 0 Å². The summed E-state index contributed by atoms with van der Waals surface area (Å²) in [6.07, 6.45) is 1.85. The summed E-state index contributed by atoms with van der Waals surface area (Å²) in [7, 11) is 0. The van der Waals surface area contributed by atoms with Crippen molar-refractivity contribution in [1.29, 1.82) is 0 Å². The lowest BCUT2D eigenvalue weighted by Gasteiger charge is -2.26. The third-order valence-corrected chi connectivity index (χ3v) is 1.89. The summed E-state index contributed by atoms with van der Waals surface area (Å²) < 4.78 is 0. The van der Waals surface area contributed by atoms with Crippen LogP contribution in [0.25, 0.3) is 0 Å². The number of nitrogens with zero attached hydrogens (tertiary/aromatic N) is 1. The van der Waals surface area contributed by atoms with Gasteiger partial charge in [-0.15, -0.1) is 12.4 Å². The van der Waals surface area contributed by atoms with E-state index in [1.165, 1.54) is 5.69 Å². The van der Waals surface area contributed by atoms with Crippen LogP contribution in [0.1, 0.15) is 11.6 Å². The molecule has 0 radical (unpaired) electrons. The fourth-order valence-corrected chi connectivity index (χ4v) is 1.12. The maximum Gasteiger partial charge on any atom is 0.0459 e. The second-order valence-electron chi connectivity index (χ2n) is 2.61. The molecule has 2 rings (SSSR count). The van der Waals surface area contributed by atoms with Gasteiger partial charge in [-0.3, -0.25) is 4.98 Å². The molecule has 0 saturated carbocycles. The number of rotatable bonds is 1. The standard InChI is InChI=1S/C8H10N2.ClH/c1-2-4-10-8(3-1)7-5-9-6-7;/h1-4,7,9H,5-6H2;1H. The number of hydrogen-bond acceptors (Lipinski definition) is 2. The molecular weight excluding hydrogens is 160 g/mol. The molecule has 1 saturated heterocycles. The maximum absolute atomic E-state index is 4.26. The van der Waals surface area contributed by atoms with Gasteiger partial charge in [0.2, 0.25) is 0 Å². The van der Waals surface area contributed by atoms with Gasteiger partial charge < -0.3 is 5.32 Å². The molecule has 0 aliphatic carbocycles. The van der Waals surface area contributed by atoms with Crippen molar-refractivity contribution in [1.82, 2.24) is 10.3 Å². The molecule has 1 N–H and O–H groups in total. The highest BCUT2D eigenvalue weighted by Crippen LogP contribution is 2.15. The largest absolute Gasteiger partial charge is 0.315 e. The van der Waals surface area contributed by atoms with Crippen LogP contribution in [-0.4, -0.2) is 18.1 Å². The second-order valence-corrected chi connectivity index (χ2v) is 2.61. The summed E-state index contributed by atoms with van der Waals surface area (Å²) in [6.45, 7) is 2.19. The van der Waals surface area contributed by atoms with E-state index in [2.05, 4.69) is 16.4 Å². The molecule has 1 aromatic rings. The van der Waals surface area contributed by atoms with Crippen molar-refractivity contribution < 1.29 is 0 Å². The molecule has 2 nitrogen and oxygen atoms in total. The normalized spacial score (nSPS) is 16.7. The average Bonchev–Trinajstić information content (AvgIpc) is 1.86. The summed E-state index contributed by atoms with van der Waals surface area (Å²) in [6, 6.07) is 6.09. The lowest BCUT2D eigenvalue weighted by molar-refractivity contribution is 0.440. The van der Waals surface area contributed by atoms with E-state index >= 15 is 0 Å². The molecule has 0 aromatic carbocycles. The molecule has 1 fully saturated rings. The van der Waals surface area contributed by atoms with Gasteiger partial charge in [-0.05, 0) is 12.1 Å². The Balaban J connectivity index is 0.000000605. The van der Waals surface area contributed by atoms with Crippen molar-refractivity contribution in [2.45, 2.75) is 5.92 Å². The fourth-order valence-electron chi connectivity index (χ4n) is 1.12. The van der Waals surface area contributed by atoms with Gasteiger partial charge in [-0.1, -0.05) is 6.07 Å². The van der Waals surface area contributed by atoms with Gasteiger partial charge in [0.05, 0.1) is 0 Å². The highest BCUT2D eigenvalue weighted by atomic mass is 35.5. The molecule has 2 heterocycles. The Morgan fingerprint density at radius 2 is 2.18 bits per heavy atom. The maximum atomic E-state index is 4.26. The third kappa shape index (κ3) is 1.70. The van der Waals surface area contributed by atoms with Crippen molar-refractivity contribution in [2.75, 3.05) is 13.1 Å². The molecule has 1 aliphatic heterocycles. The minimum absolute atomic E-state index is 0. The van der Waals surface area contributed by atoms with E-state index in [1.807, 2.05) is 18.3 Å². The van der Waals surface area contributed by atoms with Gasteiger partial charge in [0, 0.05) is 30.9 Å². The number of nitrogens with one attached hydrogen (secondary N) is 1. The summed E-state index contributed by atoms with van der Waals surface area (Å²) in [5.74, 6) is 0.668. The molecule has 0 amide bonds. The van der Waals surface area contributed by atoms with Crippen LogP contribution in [0.2, 0.25) is 0 Å². The predicted octanol–water partition coefficient (Wildman–Crippen LogP) is 1.19. The zero-order valence-corrected chi connectivity index (χ0v) is 6.97. The van der Waals surface area contributed by atoms with E-state index in [9.17, 15) is 0 Å². The summed E-state index contributed by atoms with van der Waals surface area (Å²) >= 11 is 0. The number of aromatic nitrogens is 1. The predicted molar refractivity (Wildman–Crippen MR) is 47.1 cm³/mol. The van der Waals surface area contributed by atoms with Gasteiger partial charge in [0.1, 0.15) is 0 Å².